The summed E-state index contributed by atoms with van der Waals surface area (Å²) in [5, 5.41) is 11.9. The Morgan fingerprint density at radius 3 is 2.11 bits per heavy atom. The minimum absolute atomic E-state index is 0.157. The Balaban J connectivity index is 0.000000475. The number of H-pyrrole nitrogens is 1. The van der Waals surface area contributed by atoms with Crippen molar-refractivity contribution >= 4 is 47.6 Å². The molecule has 1 unspecified atom stereocenters. The molecule has 0 aliphatic carbocycles. The first-order valence-corrected chi connectivity index (χ1v) is 11.9. The molecule has 1 heterocycles. The number of anilines is 3. The number of aldehydes is 1. The van der Waals surface area contributed by atoms with Crippen LogP contribution in [-0.4, -0.2) is 45.4 Å². The van der Waals surface area contributed by atoms with Gasteiger partial charge in [-0.1, -0.05) is 19.9 Å². The minimum Gasteiger partial charge on any atom is -0.368 e. The molecule has 200 valence electrons. The molecule has 0 aliphatic rings. The number of carbonyl (C=O) groups excluding carboxylic acids is 3. The highest BCUT2D eigenvalue weighted by Gasteiger charge is 2.17. The lowest BCUT2D eigenvalue weighted by atomic mass is 10.2. The average molecular weight is 537 g/mol. The van der Waals surface area contributed by atoms with Gasteiger partial charge in [0, 0.05) is 10.6 Å². The summed E-state index contributed by atoms with van der Waals surface area (Å²) in [7, 11) is 0. The smallest absolute Gasteiger partial charge is 0.252 e. The monoisotopic (exact) mass is 536 g/mol. The van der Waals surface area contributed by atoms with Gasteiger partial charge in [0.2, 0.25) is 17.8 Å². The second-order valence-electron chi connectivity index (χ2n) is 7.03. The standard InChI is InChI=1S/C14H20N8O2S.C7H4F2O.C2H6/c1-7(15)11(23)17-8(2)12(24)22-25-10-5-3-9(4-6-10)18-14-19-13(16)20-21-14;8-6-2-1-3-7(9)5(6)4-10;1-2/h3-8H,15H2,1-2H3,(H,17,23)(H,22,24)(H4,16,18,19,20,21);1-4H;1-2H3/t7?,8-;;/m0../s1. The number of benzene rings is 2. The highest BCUT2D eigenvalue weighted by Crippen LogP contribution is 2.19. The molecule has 2 atom stereocenters. The third-order valence-electron chi connectivity index (χ3n) is 4.17. The van der Waals surface area contributed by atoms with Crippen molar-refractivity contribution in [3.8, 4) is 0 Å². The van der Waals surface area contributed by atoms with Gasteiger partial charge in [0.05, 0.1) is 11.6 Å². The van der Waals surface area contributed by atoms with Crippen molar-refractivity contribution < 1.29 is 23.2 Å². The maximum atomic E-state index is 12.4. The van der Waals surface area contributed by atoms with Crippen molar-refractivity contribution in [2.75, 3.05) is 11.1 Å². The van der Waals surface area contributed by atoms with Gasteiger partial charge in [0.1, 0.15) is 17.7 Å². The largest absolute Gasteiger partial charge is 0.368 e. The van der Waals surface area contributed by atoms with Crippen LogP contribution in [0.5, 0.6) is 0 Å². The van der Waals surface area contributed by atoms with Crippen LogP contribution in [0.2, 0.25) is 0 Å². The van der Waals surface area contributed by atoms with Gasteiger partial charge in [0.25, 0.3) is 5.91 Å². The van der Waals surface area contributed by atoms with Gasteiger partial charge in [-0.05, 0) is 62.2 Å². The number of hydrogen-bond donors (Lipinski definition) is 6. The number of rotatable bonds is 8. The highest BCUT2D eigenvalue weighted by molar-refractivity contribution is 7.98. The summed E-state index contributed by atoms with van der Waals surface area (Å²) in [5.41, 5.74) is 11.2. The van der Waals surface area contributed by atoms with E-state index in [9.17, 15) is 23.2 Å². The van der Waals surface area contributed by atoms with Gasteiger partial charge in [-0.25, -0.2) is 13.9 Å². The molecule has 0 radical (unpaired) electrons. The van der Waals surface area contributed by atoms with Crippen molar-refractivity contribution in [3.05, 3.63) is 59.7 Å². The zero-order chi connectivity index (χ0) is 28.0. The number of nitrogens with one attached hydrogen (secondary N) is 4. The van der Waals surface area contributed by atoms with E-state index in [1.54, 1.807) is 13.8 Å². The maximum Gasteiger partial charge on any atom is 0.252 e. The van der Waals surface area contributed by atoms with Crippen LogP contribution in [0.25, 0.3) is 0 Å². The topological polar surface area (TPSA) is 181 Å². The van der Waals surface area contributed by atoms with Crippen molar-refractivity contribution in [1.82, 2.24) is 25.2 Å². The molecule has 3 rings (SSSR count). The number of aromatic nitrogens is 3. The predicted octanol–water partition coefficient (Wildman–Crippen LogP) is 2.91. The van der Waals surface area contributed by atoms with Crippen molar-refractivity contribution in [1.29, 1.82) is 0 Å². The van der Waals surface area contributed by atoms with Crippen LogP contribution in [0.15, 0.2) is 47.4 Å². The fourth-order valence-corrected chi connectivity index (χ4v) is 2.96. The zero-order valence-electron chi connectivity index (χ0n) is 20.7. The molecular formula is C23H30F2N8O3S. The Labute approximate surface area is 217 Å². The van der Waals surface area contributed by atoms with E-state index in [0.717, 1.165) is 34.7 Å². The zero-order valence-corrected chi connectivity index (χ0v) is 21.5. The van der Waals surface area contributed by atoms with Crippen molar-refractivity contribution in [2.45, 2.75) is 44.7 Å². The Hall–Kier alpha value is -4.04. The molecule has 0 bridgehead atoms. The quantitative estimate of drug-likeness (QED) is 0.186. The van der Waals surface area contributed by atoms with E-state index < -0.39 is 29.3 Å². The van der Waals surface area contributed by atoms with E-state index in [4.69, 9.17) is 11.5 Å². The number of hydrogen-bond acceptors (Lipinski definition) is 9. The molecule has 2 aromatic carbocycles. The lowest BCUT2D eigenvalue weighted by molar-refractivity contribution is -0.128. The number of nitrogen functional groups attached to an aromatic ring is 1. The van der Waals surface area contributed by atoms with Crippen LogP contribution in [0.1, 0.15) is 38.1 Å². The molecule has 8 N–H and O–H groups in total. The third-order valence-corrected chi connectivity index (χ3v) is 4.98. The lowest BCUT2D eigenvalue weighted by Crippen LogP contribution is -2.48. The molecular weight excluding hydrogens is 506 g/mol. The summed E-state index contributed by atoms with van der Waals surface area (Å²) in [6.07, 6.45) is 0.157. The van der Waals surface area contributed by atoms with Gasteiger partial charge in [-0.3, -0.25) is 19.1 Å². The molecule has 0 fully saturated rings. The maximum absolute atomic E-state index is 12.4. The fraction of sp³-hybridized carbons (Fsp3) is 0.261. The molecule has 0 saturated heterocycles. The van der Waals surface area contributed by atoms with E-state index in [1.165, 1.54) is 6.07 Å². The van der Waals surface area contributed by atoms with Gasteiger partial charge in [0.15, 0.2) is 6.29 Å². The number of carbonyl (C=O) groups is 3. The number of aromatic amines is 1. The summed E-state index contributed by atoms with van der Waals surface area (Å²) in [6, 6.07) is 9.18. The Morgan fingerprint density at radius 1 is 1.05 bits per heavy atom. The molecule has 2 amide bonds. The molecule has 37 heavy (non-hydrogen) atoms. The summed E-state index contributed by atoms with van der Waals surface area (Å²) in [5.74, 6) is -1.76. The van der Waals surface area contributed by atoms with Gasteiger partial charge in [-0.15, -0.1) is 5.10 Å². The molecule has 1 aromatic heterocycles. The van der Waals surface area contributed by atoms with Gasteiger partial charge in [-0.2, -0.15) is 4.98 Å². The molecule has 0 spiro atoms. The molecule has 3 aromatic rings. The Bertz CT molecular complexity index is 1140. The van der Waals surface area contributed by atoms with Crippen LogP contribution in [0.4, 0.5) is 26.4 Å². The summed E-state index contributed by atoms with van der Waals surface area (Å²) >= 11 is 1.14. The Morgan fingerprint density at radius 2 is 1.65 bits per heavy atom. The second-order valence-corrected chi connectivity index (χ2v) is 7.91. The predicted molar refractivity (Wildman–Crippen MR) is 139 cm³/mol. The summed E-state index contributed by atoms with van der Waals surface area (Å²) in [4.78, 5) is 38.1. The van der Waals surface area contributed by atoms with Gasteiger partial charge >= 0.3 is 0 Å². The normalized spacial score (nSPS) is 11.4. The van der Waals surface area contributed by atoms with Crippen LogP contribution in [0, 0.1) is 11.6 Å². The van der Waals surface area contributed by atoms with E-state index in [1.807, 2.05) is 38.1 Å². The van der Waals surface area contributed by atoms with E-state index in [0.29, 0.717) is 5.95 Å². The summed E-state index contributed by atoms with van der Waals surface area (Å²) in [6.45, 7) is 7.14. The number of nitrogens with zero attached hydrogens (tertiary/aromatic N) is 2. The molecule has 11 nitrogen and oxygen atoms in total. The van der Waals surface area contributed by atoms with Crippen LogP contribution < -0.4 is 26.8 Å². The first kappa shape index (κ1) is 31.0. The number of amides is 2. The Kier molecular flexibility index (Phi) is 13.3. The van der Waals surface area contributed by atoms with Crippen LogP contribution in [-0.2, 0) is 9.59 Å². The van der Waals surface area contributed by atoms with Crippen molar-refractivity contribution in [2.24, 2.45) is 5.73 Å². The van der Waals surface area contributed by atoms with Crippen LogP contribution >= 0.6 is 11.9 Å². The third kappa shape index (κ3) is 10.6. The highest BCUT2D eigenvalue weighted by atomic mass is 32.2. The van der Waals surface area contributed by atoms with E-state index in [-0.39, 0.29) is 24.0 Å². The molecule has 14 heteroatoms. The van der Waals surface area contributed by atoms with E-state index in [2.05, 4.69) is 30.5 Å². The van der Waals surface area contributed by atoms with Crippen molar-refractivity contribution in [3.63, 3.8) is 0 Å². The number of halogens is 2. The first-order valence-electron chi connectivity index (χ1n) is 11.1. The second kappa shape index (κ2) is 15.9. The fourth-order valence-electron chi connectivity index (χ4n) is 2.30. The SMILES string of the molecule is CC.CC(N)C(=O)N[C@@H](C)C(=O)NSc1ccc(Nc2n[nH]c(N)n2)cc1.O=Cc1c(F)cccc1F. The number of nitrogens with two attached hydrogens (primary N) is 2. The molecule has 0 aliphatic heterocycles. The average Bonchev–Trinajstić information content (AvgIpc) is 3.29. The minimum atomic E-state index is -0.824. The van der Waals surface area contributed by atoms with E-state index >= 15 is 0 Å². The first-order chi connectivity index (χ1) is 17.6. The van der Waals surface area contributed by atoms with Gasteiger partial charge < -0.3 is 22.1 Å². The van der Waals surface area contributed by atoms with Crippen LogP contribution in [0.3, 0.4) is 0 Å². The summed E-state index contributed by atoms with van der Waals surface area (Å²) < 4.78 is 27.4. The lowest BCUT2D eigenvalue weighted by Gasteiger charge is -2.15. The molecule has 0 saturated carbocycles.